The fourth-order valence-corrected chi connectivity index (χ4v) is 6.29. The molecule has 0 spiro atoms. The number of hydrogen-bond acceptors (Lipinski definition) is 6. The summed E-state index contributed by atoms with van der Waals surface area (Å²) in [7, 11) is -3.91. The summed E-state index contributed by atoms with van der Waals surface area (Å²) < 4.78 is 32.7. The van der Waals surface area contributed by atoms with Crippen LogP contribution in [0.5, 0.6) is 0 Å². The number of allylic oxidation sites excluding steroid dienone is 2. The van der Waals surface area contributed by atoms with Gasteiger partial charge in [-0.25, -0.2) is 13.1 Å². The lowest BCUT2D eigenvalue weighted by Crippen LogP contribution is -2.37. The van der Waals surface area contributed by atoms with Crippen molar-refractivity contribution in [2.75, 3.05) is 10.0 Å². The summed E-state index contributed by atoms with van der Waals surface area (Å²) in [6.45, 7) is 7.34. The minimum atomic E-state index is -3.91. The highest BCUT2D eigenvalue weighted by molar-refractivity contribution is 7.92. The zero-order chi connectivity index (χ0) is 24.1. The molecule has 33 heavy (non-hydrogen) atoms. The van der Waals surface area contributed by atoms with Gasteiger partial charge in [0.05, 0.1) is 22.4 Å². The van der Waals surface area contributed by atoms with E-state index in [1.807, 2.05) is 13.8 Å². The van der Waals surface area contributed by atoms with Crippen molar-refractivity contribution in [1.29, 1.82) is 0 Å². The van der Waals surface area contributed by atoms with Crippen LogP contribution in [0.4, 0.5) is 11.6 Å². The summed E-state index contributed by atoms with van der Waals surface area (Å²) in [6, 6.07) is 5.70. The standard InChI is InChI=1S/C23H27N3O6S/c1-11(2)18-16-9-10-17(18)20(23(28)29)19(16)21(27)24-14-5-7-15(8-6-14)33(30,31)26-22-12(3)13(4)25-32-22/h5-8,16-17,19-20,26H,9-10H2,1-4H3,(H,24,27)(H,28,29)/t16-,17-,19+,20+/m0/s1. The van der Waals surface area contributed by atoms with E-state index in [4.69, 9.17) is 4.52 Å². The molecule has 3 N–H and O–H groups in total. The van der Waals surface area contributed by atoms with Gasteiger partial charge in [-0.15, -0.1) is 0 Å². The van der Waals surface area contributed by atoms with Gasteiger partial charge < -0.3 is 14.9 Å². The highest BCUT2D eigenvalue weighted by Crippen LogP contribution is 2.57. The first-order valence-electron chi connectivity index (χ1n) is 10.8. The minimum Gasteiger partial charge on any atom is -0.481 e. The molecule has 0 unspecified atom stereocenters. The SMILES string of the molecule is CC(C)=C1[C@@H]2CC[C@@H]1[C@@H](C(=O)Nc1ccc(S(=O)(=O)Nc3onc(C)c3C)cc1)[C@@H]2C(=O)O. The van der Waals surface area contributed by atoms with E-state index in [9.17, 15) is 23.1 Å². The molecular weight excluding hydrogens is 446 g/mol. The quantitative estimate of drug-likeness (QED) is 0.543. The molecule has 1 heterocycles. The Kier molecular flexibility index (Phi) is 5.81. The van der Waals surface area contributed by atoms with Crippen molar-refractivity contribution >= 4 is 33.5 Å². The lowest BCUT2D eigenvalue weighted by Gasteiger charge is -2.26. The van der Waals surface area contributed by atoms with E-state index >= 15 is 0 Å². The molecule has 2 fully saturated rings. The first-order valence-corrected chi connectivity index (χ1v) is 12.3. The van der Waals surface area contributed by atoms with Crippen LogP contribution in [0.15, 0.2) is 44.8 Å². The Morgan fingerprint density at radius 1 is 1.06 bits per heavy atom. The van der Waals surface area contributed by atoms with Gasteiger partial charge in [0.25, 0.3) is 10.0 Å². The molecule has 1 amide bonds. The van der Waals surface area contributed by atoms with E-state index in [2.05, 4.69) is 15.2 Å². The molecule has 2 aliphatic rings. The third-order valence-corrected chi connectivity index (χ3v) is 8.17. The number of nitrogens with zero attached hydrogens (tertiary/aromatic N) is 1. The van der Waals surface area contributed by atoms with Crippen LogP contribution in [0.1, 0.15) is 37.9 Å². The second-order valence-electron chi connectivity index (χ2n) is 8.98. The van der Waals surface area contributed by atoms with Gasteiger partial charge in [-0.05, 0) is 76.6 Å². The van der Waals surface area contributed by atoms with Gasteiger partial charge in [0, 0.05) is 11.3 Å². The number of amides is 1. The van der Waals surface area contributed by atoms with Gasteiger partial charge in [-0.3, -0.25) is 9.59 Å². The van der Waals surface area contributed by atoms with Crippen molar-refractivity contribution in [2.45, 2.75) is 45.4 Å². The Morgan fingerprint density at radius 3 is 2.18 bits per heavy atom. The summed E-state index contributed by atoms with van der Waals surface area (Å²) in [5.74, 6) is -2.81. The van der Waals surface area contributed by atoms with Crippen molar-refractivity contribution in [3.63, 3.8) is 0 Å². The third kappa shape index (κ3) is 4.03. The summed E-state index contributed by atoms with van der Waals surface area (Å²) >= 11 is 0. The number of sulfonamides is 1. The molecule has 9 nitrogen and oxygen atoms in total. The van der Waals surface area contributed by atoms with Gasteiger partial charge in [0.15, 0.2) is 0 Å². The number of hydrogen-bond donors (Lipinski definition) is 3. The van der Waals surface area contributed by atoms with Gasteiger partial charge in [0.1, 0.15) is 0 Å². The number of aromatic nitrogens is 1. The van der Waals surface area contributed by atoms with Crippen LogP contribution >= 0.6 is 0 Å². The summed E-state index contributed by atoms with van der Waals surface area (Å²) in [4.78, 5) is 25.1. The van der Waals surface area contributed by atoms with Gasteiger partial charge >= 0.3 is 5.97 Å². The maximum Gasteiger partial charge on any atom is 0.307 e. The molecule has 10 heteroatoms. The Bertz CT molecular complexity index is 1240. The van der Waals surface area contributed by atoms with E-state index in [1.54, 1.807) is 13.8 Å². The molecule has 1 aromatic heterocycles. The zero-order valence-corrected chi connectivity index (χ0v) is 19.7. The van der Waals surface area contributed by atoms with E-state index < -0.39 is 27.8 Å². The van der Waals surface area contributed by atoms with Gasteiger partial charge in [0.2, 0.25) is 11.8 Å². The predicted octanol–water partition coefficient (Wildman–Crippen LogP) is 3.72. The van der Waals surface area contributed by atoms with Gasteiger partial charge in [-0.1, -0.05) is 16.3 Å². The molecule has 2 aromatic rings. The third-order valence-electron chi connectivity index (χ3n) is 6.82. The fraction of sp³-hybridized carbons (Fsp3) is 0.435. The second-order valence-corrected chi connectivity index (χ2v) is 10.7. The first kappa shape index (κ1) is 23.0. The van der Waals surface area contributed by atoms with Crippen LogP contribution in [-0.2, 0) is 19.6 Å². The number of aryl methyl sites for hydroxylation is 1. The lowest BCUT2D eigenvalue weighted by molar-refractivity contribution is -0.148. The molecule has 2 bridgehead atoms. The maximum atomic E-state index is 13.1. The average molecular weight is 474 g/mol. The lowest BCUT2D eigenvalue weighted by atomic mass is 9.78. The number of carboxylic acid groups (broad SMARTS) is 1. The Balaban J connectivity index is 1.51. The molecule has 0 saturated heterocycles. The van der Waals surface area contributed by atoms with Crippen LogP contribution in [0.3, 0.4) is 0 Å². The number of rotatable bonds is 6. The molecule has 2 aliphatic carbocycles. The van der Waals surface area contributed by atoms with Crippen LogP contribution < -0.4 is 10.0 Å². The van der Waals surface area contributed by atoms with Crippen LogP contribution in [0, 0.1) is 37.5 Å². The Labute approximate surface area is 192 Å². The average Bonchev–Trinajstić information content (AvgIpc) is 3.41. The smallest absolute Gasteiger partial charge is 0.307 e. The molecule has 0 aliphatic heterocycles. The van der Waals surface area contributed by atoms with Crippen LogP contribution in [0.2, 0.25) is 0 Å². The predicted molar refractivity (Wildman–Crippen MR) is 121 cm³/mol. The summed E-state index contributed by atoms with van der Waals surface area (Å²) in [5, 5.41) is 16.3. The molecule has 176 valence electrons. The topological polar surface area (TPSA) is 139 Å². The molecule has 0 radical (unpaired) electrons. The number of carboxylic acids is 1. The summed E-state index contributed by atoms with van der Waals surface area (Å²) in [5.41, 5.74) is 3.77. The number of anilines is 2. The monoisotopic (exact) mass is 473 g/mol. The number of fused-ring (bicyclic) bond motifs is 2. The van der Waals surface area contributed by atoms with E-state index in [1.165, 1.54) is 24.3 Å². The number of carbonyl (C=O) groups is 2. The molecule has 2 saturated carbocycles. The van der Waals surface area contributed by atoms with Crippen LogP contribution in [0.25, 0.3) is 0 Å². The number of benzene rings is 1. The number of nitrogens with one attached hydrogen (secondary N) is 2. The molecular formula is C23H27N3O6S. The zero-order valence-electron chi connectivity index (χ0n) is 18.9. The highest BCUT2D eigenvalue weighted by atomic mass is 32.2. The van der Waals surface area contributed by atoms with Crippen molar-refractivity contribution in [3.05, 3.63) is 46.7 Å². The molecule has 1 aromatic carbocycles. The molecule has 4 rings (SSSR count). The minimum absolute atomic E-state index is 0.0101. The Morgan fingerprint density at radius 2 is 1.67 bits per heavy atom. The second kappa shape index (κ2) is 8.33. The fourth-order valence-electron chi connectivity index (χ4n) is 5.24. The van der Waals surface area contributed by atoms with Crippen molar-refractivity contribution in [2.24, 2.45) is 23.7 Å². The summed E-state index contributed by atoms with van der Waals surface area (Å²) in [6.07, 6.45) is 1.59. The van der Waals surface area contributed by atoms with E-state index in [-0.39, 0.29) is 28.5 Å². The van der Waals surface area contributed by atoms with Crippen LogP contribution in [-0.4, -0.2) is 30.6 Å². The van der Waals surface area contributed by atoms with Crippen molar-refractivity contribution in [1.82, 2.24) is 5.16 Å². The van der Waals surface area contributed by atoms with Crippen molar-refractivity contribution in [3.8, 4) is 0 Å². The Hall–Kier alpha value is -3.14. The molecule has 4 atom stereocenters. The normalized spacial score (nSPS) is 24.1. The van der Waals surface area contributed by atoms with Crippen molar-refractivity contribution < 1.29 is 27.6 Å². The highest BCUT2D eigenvalue weighted by Gasteiger charge is 2.57. The first-order chi connectivity index (χ1) is 15.5. The number of carbonyl (C=O) groups excluding carboxylic acids is 1. The largest absolute Gasteiger partial charge is 0.481 e. The van der Waals surface area contributed by atoms with E-state index in [0.29, 0.717) is 16.9 Å². The number of aliphatic carboxylic acids is 1. The van der Waals surface area contributed by atoms with Gasteiger partial charge in [-0.2, -0.15) is 0 Å². The van der Waals surface area contributed by atoms with E-state index in [0.717, 1.165) is 24.0 Å². The maximum absolute atomic E-state index is 13.1.